The number of nitrogen functional groups attached to an aromatic ring is 1. The molecule has 0 unspecified atom stereocenters. The lowest BCUT2D eigenvalue weighted by atomic mass is 9.93. The van der Waals surface area contributed by atoms with Crippen LogP contribution in [-0.4, -0.2) is 44.0 Å². The smallest absolute Gasteiger partial charge is 0.257 e. The van der Waals surface area contributed by atoms with Crippen LogP contribution in [0, 0.1) is 5.92 Å². The van der Waals surface area contributed by atoms with Crippen molar-refractivity contribution in [3.8, 4) is 5.75 Å². The molecule has 0 bridgehead atoms. The Hall–Kier alpha value is -1.66. The third kappa shape index (κ3) is 4.68. The minimum absolute atomic E-state index is 0. The van der Waals surface area contributed by atoms with E-state index in [9.17, 15) is 9.59 Å². The SMILES string of the molecule is CNC(=O)CC1CCN(C(=O)c2cc(Cl)c(N)cc2OC)CC1.Cl. The van der Waals surface area contributed by atoms with Gasteiger partial charge in [0, 0.05) is 32.6 Å². The molecular formula is C16H23Cl2N3O3. The monoisotopic (exact) mass is 375 g/mol. The Labute approximate surface area is 153 Å². The van der Waals surface area contributed by atoms with Crippen LogP contribution < -0.4 is 15.8 Å². The van der Waals surface area contributed by atoms with Gasteiger partial charge in [-0.1, -0.05) is 11.6 Å². The molecule has 1 fully saturated rings. The summed E-state index contributed by atoms with van der Waals surface area (Å²) in [6, 6.07) is 3.11. The number of likely N-dealkylation sites (tertiary alicyclic amines) is 1. The second-order valence-electron chi connectivity index (χ2n) is 5.69. The molecule has 1 saturated heterocycles. The molecule has 2 amide bonds. The van der Waals surface area contributed by atoms with Crippen LogP contribution in [0.2, 0.25) is 5.02 Å². The number of rotatable bonds is 4. The number of halogens is 2. The zero-order chi connectivity index (χ0) is 17.0. The van der Waals surface area contributed by atoms with E-state index in [1.54, 1.807) is 24.1 Å². The lowest BCUT2D eigenvalue weighted by Crippen LogP contribution is -2.39. The van der Waals surface area contributed by atoms with Crippen molar-refractivity contribution in [3.63, 3.8) is 0 Å². The summed E-state index contributed by atoms with van der Waals surface area (Å²) in [6.45, 7) is 1.23. The first-order valence-corrected chi connectivity index (χ1v) is 7.97. The maximum atomic E-state index is 12.7. The van der Waals surface area contributed by atoms with E-state index in [1.165, 1.54) is 7.11 Å². The first kappa shape index (κ1) is 20.4. The summed E-state index contributed by atoms with van der Waals surface area (Å²) in [4.78, 5) is 25.9. The fourth-order valence-electron chi connectivity index (χ4n) is 2.78. The molecule has 8 heteroatoms. The number of nitrogens with zero attached hydrogens (tertiary/aromatic N) is 1. The van der Waals surface area contributed by atoms with Crippen LogP contribution >= 0.6 is 24.0 Å². The minimum Gasteiger partial charge on any atom is -0.496 e. The largest absolute Gasteiger partial charge is 0.496 e. The van der Waals surface area contributed by atoms with Crippen LogP contribution in [0.5, 0.6) is 5.75 Å². The zero-order valence-corrected chi connectivity index (χ0v) is 15.4. The maximum absolute atomic E-state index is 12.7. The third-order valence-corrected chi connectivity index (χ3v) is 4.53. The fourth-order valence-corrected chi connectivity index (χ4v) is 2.94. The number of carbonyl (C=O) groups excluding carboxylic acids is 2. The summed E-state index contributed by atoms with van der Waals surface area (Å²) in [5.74, 6) is 0.657. The Bertz CT molecular complexity index is 602. The van der Waals surface area contributed by atoms with Gasteiger partial charge in [-0.3, -0.25) is 9.59 Å². The van der Waals surface area contributed by atoms with Crippen LogP contribution in [0.15, 0.2) is 12.1 Å². The van der Waals surface area contributed by atoms with E-state index in [0.717, 1.165) is 12.8 Å². The number of hydrogen-bond acceptors (Lipinski definition) is 4. The summed E-state index contributed by atoms with van der Waals surface area (Å²) in [6.07, 6.45) is 2.13. The summed E-state index contributed by atoms with van der Waals surface area (Å²) in [5, 5.41) is 2.97. The average Bonchev–Trinajstić information content (AvgIpc) is 2.56. The van der Waals surface area contributed by atoms with Crippen LogP contribution in [0.4, 0.5) is 5.69 Å². The number of nitrogens with one attached hydrogen (secondary N) is 1. The van der Waals surface area contributed by atoms with Crippen molar-refractivity contribution in [2.45, 2.75) is 19.3 Å². The number of piperidine rings is 1. The van der Waals surface area contributed by atoms with Gasteiger partial charge in [0.2, 0.25) is 5.91 Å². The second-order valence-corrected chi connectivity index (χ2v) is 6.09. The molecule has 1 aliphatic heterocycles. The maximum Gasteiger partial charge on any atom is 0.257 e. The quantitative estimate of drug-likeness (QED) is 0.790. The number of benzene rings is 1. The van der Waals surface area contributed by atoms with Gasteiger partial charge in [0.1, 0.15) is 5.75 Å². The van der Waals surface area contributed by atoms with Crippen molar-refractivity contribution in [2.75, 3.05) is 33.0 Å². The standard InChI is InChI=1S/C16H22ClN3O3.ClH/c1-19-15(21)7-10-3-5-20(6-4-10)16(22)11-8-12(17)13(18)9-14(11)23-2;/h8-10H,3-7,18H2,1-2H3,(H,19,21);1H. The first-order valence-electron chi connectivity index (χ1n) is 7.59. The molecule has 0 saturated carbocycles. The topological polar surface area (TPSA) is 84.7 Å². The van der Waals surface area contributed by atoms with E-state index in [4.69, 9.17) is 22.1 Å². The van der Waals surface area contributed by atoms with E-state index in [-0.39, 0.29) is 24.2 Å². The molecule has 1 aromatic rings. The van der Waals surface area contributed by atoms with Crippen LogP contribution in [0.25, 0.3) is 0 Å². The molecule has 1 aliphatic rings. The first-order chi connectivity index (χ1) is 11.0. The van der Waals surface area contributed by atoms with Gasteiger partial charge in [-0.15, -0.1) is 12.4 Å². The van der Waals surface area contributed by atoms with Crippen molar-refractivity contribution in [3.05, 3.63) is 22.7 Å². The molecule has 0 aliphatic carbocycles. The van der Waals surface area contributed by atoms with Crippen molar-refractivity contribution in [2.24, 2.45) is 5.92 Å². The summed E-state index contributed by atoms with van der Waals surface area (Å²) in [5.41, 5.74) is 6.54. The number of ether oxygens (including phenoxy) is 1. The molecule has 6 nitrogen and oxygen atoms in total. The number of amides is 2. The highest BCUT2D eigenvalue weighted by molar-refractivity contribution is 6.33. The van der Waals surface area contributed by atoms with Crippen LogP contribution in [0.1, 0.15) is 29.6 Å². The zero-order valence-electron chi connectivity index (χ0n) is 13.8. The Morgan fingerprint density at radius 1 is 1.38 bits per heavy atom. The van der Waals surface area contributed by atoms with Gasteiger partial charge in [0.15, 0.2) is 0 Å². The summed E-state index contributed by atoms with van der Waals surface area (Å²) >= 11 is 6.03. The van der Waals surface area contributed by atoms with E-state index in [2.05, 4.69) is 5.32 Å². The predicted octanol–water partition coefficient (Wildman–Crippen LogP) is 2.34. The van der Waals surface area contributed by atoms with E-state index in [1.807, 2.05) is 0 Å². The average molecular weight is 376 g/mol. The number of anilines is 1. The molecule has 1 heterocycles. The van der Waals surface area contributed by atoms with Gasteiger partial charge in [-0.05, 0) is 24.8 Å². The Morgan fingerprint density at radius 2 is 2.00 bits per heavy atom. The lowest BCUT2D eigenvalue weighted by molar-refractivity contribution is -0.121. The number of methoxy groups -OCH3 is 1. The fraction of sp³-hybridized carbons (Fsp3) is 0.500. The van der Waals surface area contributed by atoms with Gasteiger partial charge in [-0.2, -0.15) is 0 Å². The van der Waals surface area contributed by atoms with Gasteiger partial charge in [0.25, 0.3) is 5.91 Å². The van der Waals surface area contributed by atoms with E-state index in [0.29, 0.717) is 47.5 Å². The lowest BCUT2D eigenvalue weighted by Gasteiger charge is -2.32. The molecule has 2 rings (SSSR count). The van der Waals surface area contributed by atoms with Crippen molar-refractivity contribution in [1.82, 2.24) is 10.2 Å². The molecule has 24 heavy (non-hydrogen) atoms. The second kappa shape index (κ2) is 8.99. The summed E-state index contributed by atoms with van der Waals surface area (Å²) in [7, 11) is 3.13. The van der Waals surface area contributed by atoms with Crippen molar-refractivity contribution >= 4 is 41.5 Å². The third-order valence-electron chi connectivity index (χ3n) is 4.20. The highest BCUT2D eigenvalue weighted by Crippen LogP contribution is 2.31. The van der Waals surface area contributed by atoms with Gasteiger partial charge in [0.05, 0.1) is 23.4 Å². The van der Waals surface area contributed by atoms with Crippen LogP contribution in [-0.2, 0) is 4.79 Å². The van der Waals surface area contributed by atoms with Gasteiger partial charge < -0.3 is 20.7 Å². The van der Waals surface area contributed by atoms with Crippen molar-refractivity contribution in [1.29, 1.82) is 0 Å². The molecule has 3 N–H and O–H groups in total. The molecule has 0 radical (unpaired) electrons. The molecule has 1 aromatic carbocycles. The molecule has 134 valence electrons. The highest BCUT2D eigenvalue weighted by Gasteiger charge is 2.27. The normalized spacial score (nSPS) is 14.7. The molecule has 0 aromatic heterocycles. The predicted molar refractivity (Wildman–Crippen MR) is 97.0 cm³/mol. The van der Waals surface area contributed by atoms with E-state index < -0.39 is 0 Å². The van der Waals surface area contributed by atoms with E-state index >= 15 is 0 Å². The summed E-state index contributed by atoms with van der Waals surface area (Å²) < 4.78 is 5.24. The van der Waals surface area contributed by atoms with Gasteiger partial charge >= 0.3 is 0 Å². The minimum atomic E-state index is -0.123. The molecule has 0 atom stereocenters. The molecule has 0 spiro atoms. The van der Waals surface area contributed by atoms with Gasteiger partial charge in [-0.25, -0.2) is 0 Å². The Kier molecular flexibility index (Phi) is 7.63. The number of carbonyl (C=O) groups is 2. The van der Waals surface area contributed by atoms with Crippen molar-refractivity contribution < 1.29 is 14.3 Å². The Morgan fingerprint density at radius 3 is 2.54 bits per heavy atom. The van der Waals surface area contributed by atoms with Crippen LogP contribution in [0.3, 0.4) is 0 Å². The highest BCUT2D eigenvalue weighted by atomic mass is 35.5. The molecular weight excluding hydrogens is 353 g/mol. The number of hydrogen-bond donors (Lipinski definition) is 2. The Balaban J connectivity index is 0.00000288. The number of nitrogens with two attached hydrogens (primary N) is 1.